The number of benzene rings is 2. The molecule has 124 valence electrons. The summed E-state index contributed by atoms with van der Waals surface area (Å²) in [7, 11) is 3.20. The molecule has 2 aromatic heterocycles. The van der Waals surface area contributed by atoms with E-state index in [0.717, 1.165) is 22.0 Å². The van der Waals surface area contributed by atoms with E-state index in [1.54, 1.807) is 20.4 Å². The van der Waals surface area contributed by atoms with Gasteiger partial charge in [0.05, 0.1) is 25.4 Å². The van der Waals surface area contributed by atoms with E-state index in [4.69, 9.17) is 9.47 Å². The number of methoxy groups -OCH3 is 2. The summed E-state index contributed by atoms with van der Waals surface area (Å²) >= 11 is 0. The Bertz CT molecular complexity index is 1060. The Balaban J connectivity index is 1.87. The predicted molar refractivity (Wildman–Crippen MR) is 97.7 cm³/mol. The SMILES string of the molecule is COc1ccc2c(Nc3cccc4cccnc34)ncnc2c1OC. The van der Waals surface area contributed by atoms with Crippen LogP contribution in [0.25, 0.3) is 21.8 Å². The molecule has 4 rings (SSSR count). The topological polar surface area (TPSA) is 69.2 Å². The number of fused-ring (bicyclic) bond motifs is 2. The van der Waals surface area contributed by atoms with E-state index in [1.807, 2.05) is 42.5 Å². The van der Waals surface area contributed by atoms with Crippen LogP contribution in [0.4, 0.5) is 11.5 Å². The van der Waals surface area contributed by atoms with E-state index in [2.05, 4.69) is 20.3 Å². The number of anilines is 2. The first-order chi connectivity index (χ1) is 12.3. The molecule has 1 N–H and O–H groups in total. The van der Waals surface area contributed by atoms with Gasteiger partial charge in [-0.2, -0.15) is 0 Å². The zero-order chi connectivity index (χ0) is 17.2. The van der Waals surface area contributed by atoms with Crippen molar-refractivity contribution in [1.82, 2.24) is 15.0 Å². The Labute approximate surface area is 144 Å². The molecule has 0 spiro atoms. The van der Waals surface area contributed by atoms with Gasteiger partial charge in [-0.15, -0.1) is 0 Å². The second kappa shape index (κ2) is 6.24. The molecule has 0 unspecified atom stereocenters. The van der Waals surface area contributed by atoms with Crippen molar-refractivity contribution in [3.05, 3.63) is 55.0 Å². The van der Waals surface area contributed by atoms with Gasteiger partial charge in [0.2, 0.25) is 0 Å². The van der Waals surface area contributed by atoms with E-state index in [-0.39, 0.29) is 0 Å². The number of nitrogens with zero attached hydrogens (tertiary/aromatic N) is 3. The molecule has 0 bridgehead atoms. The third-order valence-corrected chi connectivity index (χ3v) is 4.03. The smallest absolute Gasteiger partial charge is 0.187 e. The number of pyridine rings is 1. The van der Waals surface area contributed by atoms with Gasteiger partial charge in [0.15, 0.2) is 11.5 Å². The number of ether oxygens (including phenoxy) is 2. The third kappa shape index (κ3) is 2.57. The fourth-order valence-corrected chi connectivity index (χ4v) is 2.88. The summed E-state index contributed by atoms with van der Waals surface area (Å²) in [6.07, 6.45) is 3.28. The average Bonchev–Trinajstić information content (AvgIpc) is 2.67. The normalized spacial score (nSPS) is 10.8. The molecule has 0 radical (unpaired) electrons. The lowest BCUT2D eigenvalue weighted by molar-refractivity contribution is 0.358. The molecule has 2 aromatic carbocycles. The van der Waals surface area contributed by atoms with Crippen LogP contribution in [0.3, 0.4) is 0 Å². The largest absolute Gasteiger partial charge is 0.493 e. The first-order valence-electron chi connectivity index (χ1n) is 7.78. The summed E-state index contributed by atoms with van der Waals surface area (Å²) in [6, 6.07) is 13.7. The molecule has 6 nitrogen and oxygen atoms in total. The van der Waals surface area contributed by atoms with Crippen molar-refractivity contribution in [2.75, 3.05) is 19.5 Å². The van der Waals surface area contributed by atoms with E-state index < -0.39 is 0 Å². The number of hydrogen-bond donors (Lipinski definition) is 1. The minimum absolute atomic E-state index is 0.585. The van der Waals surface area contributed by atoms with Gasteiger partial charge in [0.25, 0.3) is 0 Å². The van der Waals surface area contributed by atoms with Crippen LogP contribution in [0, 0.1) is 0 Å². The van der Waals surface area contributed by atoms with E-state index in [9.17, 15) is 0 Å². The van der Waals surface area contributed by atoms with Crippen LogP contribution in [0.2, 0.25) is 0 Å². The highest BCUT2D eigenvalue weighted by Gasteiger charge is 2.14. The maximum atomic E-state index is 5.47. The summed E-state index contributed by atoms with van der Waals surface area (Å²) in [5, 5.41) is 5.27. The monoisotopic (exact) mass is 332 g/mol. The highest BCUT2D eigenvalue weighted by atomic mass is 16.5. The zero-order valence-corrected chi connectivity index (χ0v) is 13.9. The first kappa shape index (κ1) is 15.1. The van der Waals surface area contributed by atoms with Crippen molar-refractivity contribution in [3.8, 4) is 11.5 Å². The summed E-state index contributed by atoms with van der Waals surface area (Å²) in [4.78, 5) is 13.2. The molecular formula is C19H16N4O2. The van der Waals surface area contributed by atoms with Crippen LogP contribution in [-0.2, 0) is 0 Å². The quantitative estimate of drug-likeness (QED) is 0.610. The molecule has 2 heterocycles. The van der Waals surface area contributed by atoms with Crippen molar-refractivity contribution < 1.29 is 9.47 Å². The van der Waals surface area contributed by atoms with Crippen molar-refractivity contribution in [2.24, 2.45) is 0 Å². The maximum Gasteiger partial charge on any atom is 0.187 e. The van der Waals surface area contributed by atoms with E-state index in [0.29, 0.717) is 22.8 Å². The number of para-hydroxylation sites is 1. The molecular weight excluding hydrogens is 316 g/mol. The van der Waals surface area contributed by atoms with Crippen LogP contribution < -0.4 is 14.8 Å². The molecule has 0 amide bonds. The zero-order valence-electron chi connectivity index (χ0n) is 13.9. The summed E-state index contributed by atoms with van der Waals surface area (Å²) in [5.41, 5.74) is 2.46. The summed E-state index contributed by atoms with van der Waals surface area (Å²) in [6.45, 7) is 0. The maximum absolute atomic E-state index is 5.47. The van der Waals surface area contributed by atoms with Crippen LogP contribution in [0.1, 0.15) is 0 Å². The lowest BCUT2D eigenvalue weighted by atomic mass is 10.1. The summed E-state index contributed by atoms with van der Waals surface area (Å²) < 4.78 is 10.8. The Kier molecular flexibility index (Phi) is 3.78. The van der Waals surface area contributed by atoms with E-state index >= 15 is 0 Å². The Morgan fingerprint density at radius 1 is 0.840 bits per heavy atom. The number of hydrogen-bond acceptors (Lipinski definition) is 6. The van der Waals surface area contributed by atoms with Gasteiger partial charge < -0.3 is 14.8 Å². The van der Waals surface area contributed by atoms with E-state index in [1.165, 1.54) is 6.33 Å². The first-order valence-corrected chi connectivity index (χ1v) is 7.78. The van der Waals surface area contributed by atoms with Crippen LogP contribution in [0.15, 0.2) is 55.0 Å². The molecule has 0 aliphatic heterocycles. The van der Waals surface area contributed by atoms with Gasteiger partial charge in [-0.1, -0.05) is 18.2 Å². The molecule has 0 saturated heterocycles. The fraction of sp³-hybridized carbons (Fsp3) is 0.105. The molecule has 25 heavy (non-hydrogen) atoms. The standard InChI is InChI=1S/C19H16N4O2/c1-24-15-9-8-13-17(18(15)25-2)21-11-22-19(13)23-14-7-3-5-12-6-4-10-20-16(12)14/h3-11H,1-2H3,(H,21,22,23). The molecule has 0 aliphatic carbocycles. The number of rotatable bonds is 4. The van der Waals surface area contributed by atoms with Crippen molar-refractivity contribution in [2.45, 2.75) is 0 Å². The van der Waals surface area contributed by atoms with Crippen molar-refractivity contribution in [3.63, 3.8) is 0 Å². The van der Waals surface area contributed by atoms with Crippen LogP contribution >= 0.6 is 0 Å². The second-order valence-electron chi connectivity index (χ2n) is 5.43. The van der Waals surface area contributed by atoms with Gasteiger partial charge in [0, 0.05) is 17.0 Å². The Morgan fingerprint density at radius 2 is 1.72 bits per heavy atom. The van der Waals surface area contributed by atoms with Gasteiger partial charge in [-0.05, 0) is 24.3 Å². The predicted octanol–water partition coefficient (Wildman–Crippen LogP) is 3.94. The average molecular weight is 332 g/mol. The number of nitrogens with one attached hydrogen (secondary N) is 1. The minimum atomic E-state index is 0.585. The van der Waals surface area contributed by atoms with Gasteiger partial charge in [-0.3, -0.25) is 4.98 Å². The Morgan fingerprint density at radius 3 is 2.56 bits per heavy atom. The second-order valence-corrected chi connectivity index (χ2v) is 5.43. The lowest BCUT2D eigenvalue weighted by Crippen LogP contribution is -1.99. The highest BCUT2D eigenvalue weighted by Crippen LogP contribution is 2.37. The molecule has 4 aromatic rings. The van der Waals surface area contributed by atoms with Crippen molar-refractivity contribution >= 4 is 33.3 Å². The molecule has 0 aliphatic rings. The fourth-order valence-electron chi connectivity index (χ4n) is 2.88. The minimum Gasteiger partial charge on any atom is -0.493 e. The molecule has 6 heteroatoms. The van der Waals surface area contributed by atoms with Gasteiger partial charge in [-0.25, -0.2) is 9.97 Å². The summed E-state index contributed by atoms with van der Waals surface area (Å²) in [5.74, 6) is 1.90. The molecule has 0 fully saturated rings. The number of aromatic nitrogens is 3. The van der Waals surface area contributed by atoms with Gasteiger partial charge >= 0.3 is 0 Å². The van der Waals surface area contributed by atoms with Gasteiger partial charge in [0.1, 0.15) is 17.7 Å². The molecule has 0 saturated carbocycles. The highest BCUT2D eigenvalue weighted by molar-refractivity contribution is 5.99. The molecule has 0 atom stereocenters. The third-order valence-electron chi connectivity index (χ3n) is 4.03. The lowest BCUT2D eigenvalue weighted by Gasteiger charge is -2.13. The van der Waals surface area contributed by atoms with Crippen molar-refractivity contribution in [1.29, 1.82) is 0 Å². The Hall–Kier alpha value is -3.41. The van der Waals surface area contributed by atoms with Crippen LogP contribution in [0.5, 0.6) is 11.5 Å². The van der Waals surface area contributed by atoms with Crippen LogP contribution in [-0.4, -0.2) is 29.2 Å².